The third-order valence-electron chi connectivity index (χ3n) is 3.74. The number of hydrogen-bond donors (Lipinski definition) is 1. The van der Waals surface area contributed by atoms with E-state index in [0.717, 1.165) is 18.7 Å². The standard InChI is InChI=1S/C19H25NO/c1-4-16(3)20-13-18-7-5-6-8-19(18)21-14-17-11-9-15(2)10-12-17/h5-12,16,20H,4,13-14H2,1-3H3/t16-/m1/s1. The minimum absolute atomic E-state index is 0.523. The zero-order valence-electron chi connectivity index (χ0n) is 13.2. The van der Waals surface area contributed by atoms with Gasteiger partial charge in [-0.15, -0.1) is 0 Å². The van der Waals surface area contributed by atoms with Crippen molar-refractivity contribution in [3.63, 3.8) is 0 Å². The molecule has 0 radical (unpaired) electrons. The molecule has 2 aromatic carbocycles. The molecule has 2 aromatic rings. The topological polar surface area (TPSA) is 21.3 Å². The van der Waals surface area contributed by atoms with Crippen molar-refractivity contribution in [2.45, 2.75) is 46.4 Å². The van der Waals surface area contributed by atoms with Gasteiger partial charge in [-0.1, -0.05) is 55.0 Å². The second kappa shape index (κ2) is 7.84. The Balaban J connectivity index is 1.97. The van der Waals surface area contributed by atoms with Crippen molar-refractivity contribution in [1.29, 1.82) is 0 Å². The van der Waals surface area contributed by atoms with Crippen LogP contribution in [0.1, 0.15) is 37.0 Å². The van der Waals surface area contributed by atoms with Crippen molar-refractivity contribution in [2.24, 2.45) is 0 Å². The first-order chi connectivity index (χ1) is 10.2. The van der Waals surface area contributed by atoms with E-state index < -0.39 is 0 Å². The highest BCUT2D eigenvalue weighted by atomic mass is 16.5. The predicted molar refractivity (Wildman–Crippen MR) is 88.5 cm³/mol. The van der Waals surface area contributed by atoms with Crippen LogP contribution in [0.15, 0.2) is 48.5 Å². The Morgan fingerprint density at radius 1 is 1.05 bits per heavy atom. The highest BCUT2D eigenvalue weighted by Gasteiger charge is 2.05. The molecule has 1 atom stereocenters. The van der Waals surface area contributed by atoms with Gasteiger partial charge in [0, 0.05) is 18.2 Å². The Bertz CT molecular complexity index is 548. The zero-order chi connectivity index (χ0) is 15.1. The van der Waals surface area contributed by atoms with E-state index >= 15 is 0 Å². The average molecular weight is 283 g/mol. The first kappa shape index (κ1) is 15.6. The molecule has 0 bridgehead atoms. The first-order valence-corrected chi connectivity index (χ1v) is 7.68. The van der Waals surface area contributed by atoms with Crippen LogP contribution < -0.4 is 10.1 Å². The van der Waals surface area contributed by atoms with Crippen molar-refractivity contribution >= 4 is 0 Å². The zero-order valence-corrected chi connectivity index (χ0v) is 13.2. The van der Waals surface area contributed by atoms with Crippen molar-refractivity contribution in [3.8, 4) is 5.75 Å². The van der Waals surface area contributed by atoms with Gasteiger partial charge in [0.05, 0.1) is 0 Å². The van der Waals surface area contributed by atoms with Crippen LogP contribution in [0.3, 0.4) is 0 Å². The minimum atomic E-state index is 0.523. The maximum atomic E-state index is 5.99. The van der Waals surface area contributed by atoms with Crippen molar-refractivity contribution in [3.05, 3.63) is 65.2 Å². The molecule has 2 heteroatoms. The SMILES string of the molecule is CC[C@@H](C)NCc1ccccc1OCc1ccc(C)cc1. The molecule has 2 rings (SSSR count). The molecule has 0 saturated carbocycles. The van der Waals surface area contributed by atoms with Crippen LogP contribution in [0.5, 0.6) is 5.75 Å². The normalized spacial score (nSPS) is 12.1. The van der Waals surface area contributed by atoms with E-state index in [2.05, 4.69) is 62.5 Å². The van der Waals surface area contributed by atoms with Gasteiger partial charge in [-0.2, -0.15) is 0 Å². The second-order valence-corrected chi connectivity index (χ2v) is 5.57. The molecule has 0 fully saturated rings. The average Bonchev–Trinajstić information content (AvgIpc) is 2.52. The molecule has 0 heterocycles. The van der Waals surface area contributed by atoms with Crippen LogP contribution in [0.4, 0.5) is 0 Å². The summed E-state index contributed by atoms with van der Waals surface area (Å²) in [6.45, 7) is 7.95. The van der Waals surface area contributed by atoms with Gasteiger partial charge in [0.2, 0.25) is 0 Å². The Morgan fingerprint density at radius 3 is 2.48 bits per heavy atom. The van der Waals surface area contributed by atoms with E-state index in [1.165, 1.54) is 16.7 Å². The molecule has 0 aliphatic rings. The minimum Gasteiger partial charge on any atom is -0.489 e. The Morgan fingerprint density at radius 2 is 1.76 bits per heavy atom. The lowest BCUT2D eigenvalue weighted by molar-refractivity contribution is 0.301. The largest absolute Gasteiger partial charge is 0.489 e. The third kappa shape index (κ3) is 4.91. The monoisotopic (exact) mass is 283 g/mol. The lowest BCUT2D eigenvalue weighted by atomic mass is 10.1. The number of nitrogens with one attached hydrogen (secondary N) is 1. The molecule has 0 aromatic heterocycles. The van der Waals surface area contributed by atoms with Gasteiger partial charge in [0.25, 0.3) is 0 Å². The number of rotatable bonds is 7. The van der Waals surface area contributed by atoms with Crippen molar-refractivity contribution in [1.82, 2.24) is 5.32 Å². The Hall–Kier alpha value is -1.80. The Kier molecular flexibility index (Phi) is 5.82. The smallest absolute Gasteiger partial charge is 0.124 e. The number of para-hydroxylation sites is 1. The maximum Gasteiger partial charge on any atom is 0.124 e. The van der Waals surface area contributed by atoms with E-state index in [-0.39, 0.29) is 0 Å². The van der Waals surface area contributed by atoms with Gasteiger partial charge in [0.1, 0.15) is 12.4 Å². The molecule has 0 unspecified atom stereocenters. The third-order valence-corrected chi connectivity index (χ3v) is 3.74. The molecule has 0 aliphatic carbocycles. The molecule has 21 heavy (non-hydrogen) atoms. The molecule has 112 valence electrons. The van der Waals surface area contributed by atoms with Crippen LogP contribution in [0, 0.1) is 6.92 Å². The fourth-order valence-electron chi connectivity index (χ4n) is 2.06. The van der Waals surface area contributed by atoms with E-state index in [0.29, 0.717) is 12.6 Å². The van der Waals surface area contributed by atoms with Gasteiger partial charge in [-0.05, 0) is 31.9 Å². The summed E-state index contributed by atoms with van der Waals surface area (Å²) in [6.07, 6.45) is 1.13. The van der Waals surface area contributed by atoms with E-state index in [9.17, 15) is 0 Å². The molecule has 0 spiro atoms. The van der Waals surface area contributed by atoms with E-state index in [4.69, 9.17) is 4.74 Å². The maximum absolute atomic E-state index is 5.99. The van der Waals surface area contributed by atoms with Gasteiger partial charge in [-0.25, -0.2) is 0 Å². The molecular formula is C19H25NO. The number of benzene rings is 2. The van der Waals surface area contributed by atoms with Gasteiger partial charge in [-0.3, -0.25) is 0 Å². The second-order valence-electron chi connectivity index (χ2n) is 5.57. The van der Waals surface area contributed by atoms with Crippen molar-refractivity contribution < 1.29 is 4.74 Å². The quantitative estimate of drug-likeness (QED) is 0.810. The van der Waals surface area contributed by atoms with Crippen LogP contribution in [-0.4, -0.2) is 6.04 Å². The van der Waals surface area contributed by atoms with E-state index in [1.807, 2.05) is 12.1 Å². The Labute approximate surface area is 128 Å². The summed E-state index contributed by atoms with van der Waals surface area (Å²) in [5.41, 5.74) is 3.69. The lowest BCUT2D eigenvalue weighted by Crippen LogP contribution is -2.24. The number of aryl methyl sites for hydroxylation is 1. The fourth-order valence-corrected chi connectivity index (χ4v) is 2.06. The fraction of sp³-hybridized carbons (Fsp3) is 0.368. The molecular weight excluding hydrogens is 258 g/mol. The van der Waals surface area contributed by atoms with Crippen LogP contribution in [0.25, 0.3) is 0 Å². The van der Waals surface area contributed by atoms with Crippen LogP contribution in [-0.2, 0) is 13.2 Å². The summed E-state index contributed by atoms with van der Waals surface area (Å²) in [5, 5.41) is 3.51. The highest BCUT2D eigenvalue weighted by Crippen LogP contribution is 2.19. The highest BCUT2D eigenvalue weighted by molar-refractivity contribution is 5.33. The summed E-state index contributed by atoms with van der Waals surface area (Å²) in [4.78, 5) is 0. The van der Waals surface area contributed by atoms with Crippen molar-refractivity contribution in [2.75, 3.05) is 0 Å². The van der Waals surface area contributed by atoms with Gasteiger partial charge in [0.15, 0.2) is 0 Å². The van der Waals surface area contributed by atoms with Crippen LogP contribution >= 0.6 is 0 Å². The number of ether oxygens (including phenoxy) is 1. The molecule has 0 saturated heterocycles. The van der Waals surface area contributed by atoms with E-state index in [1.54, 1.807) is 0 Å². The summed E-state index contributed by atoms with van der Waals surface area (Å²) in [6, 6.07) is 17.3. The van der Waals surface area contributed by atoms with Gasteiger partial charge < -0.3 is 10.1 Å². The number of hydrogen-bond acceptors (Lipinski definition) is 2. The summed E-state index contributed by atoms with van der Waals surface area (Å²) >= 11 is 0. The molecule has 0 aliphatic heterocycles. The first-order valence-electron chi connectivity index (χ1n) is 7.68. The van der Waals surface area contributed by atoms with Gasteiger partial charge >= 0.3 is 0 Å². The summed E-state index contributed by atoms with van der Waals surface area (Å²) < 4.78 is 5.99. The van der Waals surface area contributed by atoms with Crippen LogP contribution in [0.2, 0.25) is 0 Å². The molecule has 0 amide bonds. The lowest BCUT2D eigenvalue weighted by Gasteiger charge is -2.15. The predicted octanol–water partition coefficient (Wildman–Crippen LogP) is 4.46. The summed E-state index contributed by atoms with van der Waals surface area (Å²) in [5.74, 6) is 0.967. The molecule has 2 nitrogen and oxygen atoms in total. The molecule has 1 N–H and O–H groups in total. The summed E-state index contributed by atoms with van der Waals surface area (Å²) in [7, 11) is 0.